The van der Waals surface area contributed by atoms with Crippen LogP contribution in [0.4, 0.5) is 0 Å². The average Bonchev–Trinajstić information content (AvgIpc) is 3.45. The number of hydrogen-bond acceptors (Lipinski definition) is 3. The lowest BCUT2D eigenvalue weighted by molar-refractivity contribution is -0.123. The van der Waals surface area contributed by atoms with E-state index in [1.54, 1.807) is 6.08 Å². The van der Waals surface area contributed by atoms with E-state index in [1.807, 2.05) is 6.08 Å². The molecule has 0 aromatic rings. The summed E-state index contributed by atoms with van der Waals surface area (Å²) < 4.78 is 0. The molecule has 0 radical (unpaired) electrons. The van der Waals surface area contributed by atoms with Gasteiger partial charge in [-0.15, -0.1) is 0 Å². The van der Waals surface area contributed by atoms with Crippen molar-refractivity contribution in [1.29, 1.82) is 0 Å². The number of nitrogens with one attached hydrogen (secondary N) is 1. The molecule has 79 heavy (non-hydrogen) atoms. The summed E-state index contributed by atoms with van der Waals surface area (Å²) in [6.45, 7) is 4.24. The van der Waals surface area contributed by atoms with Crippen LogP contribution in [0.25, 0.3) is 0 Å². The Morgan fingerprint density at radius 1 is 0.316 bits per heavy atom. The van der Waals surface area contributed by atoms with E-state index in [-0.39, 0.29) is 12.5 Å². The molecule has 0 aromatic heterocycles. The summed E-state index contributed by atoms with van der Waals surface area (Å²) in [4.78, 5) is 12.6. The predicted octanol–water partition coefficient (Wildman–Crippen LogP) is 24.7. The highest BCUT2D eigenvalue weighted by atomic mass is 16.3. The van der Waals surface area contributed by atoms with Gasteiger partial charge >= 0.3 is 0 Å². The third-order valence-corrected chi connectivity index (χ3v) is 16.8. The van der Waals surface area contributed by atoms with E-state index in [4.69, 9.17) is 0 Å². The molecule has 0 aliphatic carbocycles. The van der Waals surface area contributed by atoms with Gasteiger partial charge in [0.2, 0.25) is 5.91 Å². The summed E-state index contributed by atoms with van der Waals surface area (Å²) in [7, 11) is 0. The van der Waals surface area contributed by atoms with E-state index >= 15 is 0 Å². The van der Waals surface area contributed by atoms with E-state index < -0.39 is 12.1 Å². The van der Waals surface area contributed by atoms with Gasteiger partial charge in [-0.1, -0.05) is 389 Å². The zero-order valence-electron chi connectivity index (χ0n) is 53.7. The molecule has 0 aromatic carbocycles. The van der Waals surface area contributed by atoms with E-state index in [1.165, 1.54) is 321 Å². The number of carbonyl (C=O) groups is 1. The molecule has 1 amide bonds. The first-order chi connectivity index (χ1) is 39.2. The molecule has 2 atom stereocenters. The molecule has 0 fully saturated rings. The molecule has 2 unspecified atom stereocenters. The normalized spacial score (nSPS) is 13.0. The lowest BCUT2D eigenvalue weighted by Crippen LogP contribution is -2.45. The molecule has 0 spiro atoms. The van der Waals surface area contributed by atoms with Crippen molar-refractivity contribution in [2.75, 3.05) is 6.61 Å². The van der Waals surface area contributed by atoms with E-state index in [0.29, 0.717) is 6.42 Å². The number of amides is 1. The molecule has 464 valence electrons. The van der Waals surface area contributed by atoms with Crippen molar-refractivity contribution in [3.8, 4) is 0 Å². The number of hydrogen-bond donors (Lipinski definition) is 3. The van der Waals surface area contributed by atoms with Crippen LogP contribution in [0.3, 0.4) is 0 Å². The quantitative estimate of drug-likeness (QED) is 0.0420. The minimum atomic E-state index is -0.841. The van der Waals surface area contributed by atoms with Crippen LogP contribution in [-0.2, 0) is 4.79 Å². The Labute approximate surface area is 496 Å². The van der Waals surface area contributed by atoms with Crippen molar-refractivity contribution in [1.82, 2.24) is 5.32 Å². The van der Waals surface area contributed by atoms with Gasteiger partial charge in [0.05, 0.1) is 18.8 Å². The highest BCUT2D eigenvalue weighted by molar-refractivity contribution is 5.76. The van der Waals surface area contributed by atoms with Gasteiger partial charge in [-0.3, -0.25) is 4.79 Å². The van der Waals surface area contributed by atoms with Gasteiger partial charge in [-0.05, 0) is 57.8 Å². The average molecular weight is 1100 g/mol. The minimum Gasteiger partial charge on any atom is -0.394 e. The Morgan fingerprint density at radius 2 is 0.557 bits per heavy atom. The molecule has 0 rings (SSSR count). The van der Waals surface area contributed by atoms with E-state index in [0.717, 1.165) is 51.4 Å². The largest absolute Gasteiger partial charge is 0.394 e. The van der Waals surface area contributed by atoms with Crippen LogP contribution < -0.4 is 5.32 Å². The zero-order valence-corrected chi connectivity index (χ0v) is 53.7. The highest BCUT2D eigenvalue weighted by Gasteiger charge is 2.18. The second kappa shape index (κ2) is 70.4. The van der Waals surface area contributed by atoms with Gasteiger partial charge < -0.3 is 15.5 Å². The number of aliphatic hydroxyl groups is 2. The van der Waals surface area contributed by atoms with Gasteiger partial charge in [0.25, 0.3) is 0 Å². The Balaban J connectivity index is 3.41. The number of aliphatic hydroxyl groups excluding tert-OH is 2. The fourth-order valence-corrected chi connectivity index (χ4v) is 11.4. The second-order valence-electron chi connectivity index (χ2n) is 24.6. The number of allylic oxidation sites excluding steroid dienone is 9. The first-order valence-electron chi connectivity index (χ1n) is 36.0. The lowest BCUT2D eigenvalue weighted by Gasteiger charge is -2.20. The van der Waals surface area contributed by atoms with Crippen LogP contribution >= 0.6 is 0 Å². The van der Waals surface area contributed by atoms with Gasteiger partial charge in [0, 0.05) is 6.42 Å². The minimum absolute atomic E-state index is 0.0566. The highest BCUT2D eigenvalue weighted by Crippen LogP contribution is 2.19. The summed E-state index contributed by atoms with van der Waals surface area (Å²) in [5.74, 6) is -0.0566. The molecule has 0 saturated heterocycles. The molecule has 0 aliphatic heterocycles. The summed E-state index contributed by atoms with van der Waals surface area (Å²) in [6.07, 6.45) is 100. The van der Waals surface area contributed by atoms with Gasteiger partial charge in [0.1, 0.15) is 0 Å². The van der Waals surface area contributed by atoms with Gasteiger partial charge in [0.15, 0.2) is 0 Å². The van der Waals surface area contributed by atoms with Crippen molar-refractivity contribution < 1.29 is 15.0 Å². The number of rotatable bonds is 67. The summed E-state index contributed by atoms with van der Waals surface area (Å²) >= 11 is 0. The lowest BCUT2D eigenvalue weighted by atomic mass is 10.0. The first-order valence-corrected chi connectivity index (χ1v) is 36.0. The maximum absolute atomic E-state index is 12.6. The molecule has 0 saturated carbocycles. The smallest absolute Gasteiger partial charge is 0.220 e. The number of unbranched alkanes of at least 4 members (excludes halogenated alkanes) is 52. The van der Waals surface area contributed by atoms with Gasteiger partial charge in [-0.25, -0.2) is 0 Å². The van der Waals surface area contributed by atoms with Gasteiger partial charge in [-0.2, -0.15) is 0 Å². The predicted molar refractivity (Wildman–Crippen MR) is 354 cm³/mol. The Bertz CT molecular complexity index is 1300. The summed E-state index contributed by atoms with van der Waals surface area (Å²) in [5, 5.41) is 23.3. The SMILES string of the molecule is CC/C=C\C/C=C\C/C=C\C/C=C\CCCCCCCCCCCCCCCCCCCCCCCCC(=O)NC(CO)C(O)/C=C/CCCCCCCCCCCCCCCCCCCCCCCCCCCCCCCC. The topological polar surface area (TPSA) is 69.6 Å². The summed E-state index contributed by atoms with van der Waals surface area (Å²) in [5.41, 5.74) is 0. The van der Waals surface area contributed by atoms with Crippen LogP contribution in [0.15, 0.2) is 60.8 Å². The fourth-order valence-electron chi connectivity index (χ4n) is 11.4. The molecule has 0 bridgehead atoms. The van der Waals surface area contributed by atoms with Crippen LogP contribution in [-0.4, -0.2) is 34.9 Å². The third-order valence-electron chi connectivity index (χ3n) is 16.8. The van der Waals surface area contributed by atoms with Crippen LogP contribution in [0.1, 0.15) is 393 Å². The van der Waals surface area contributed by atoms with Crippen molar-refractivity contribution in [3.05, 3.63) is 60.8 Å². The molecule has 4 heteroatoms. The Hall–Kier alpha value is -1.91. The van der Waals surface area contributed by atoms with E-state index in [9.17, 15) is 15.0 Å². The van der Waals surface area contributed by atoms with Crippen LogP contribution in [0.5, 0.6) is 0 Å². The Morgan fingerprint density at radius 3 is 0.835 bits per heavy atom. The van der Waals surface area contributed by atoms with Crippen molar-refractivity contribution in [3.63, 3.8) is 0 Å². The zero-order chi connectivity index (χ0) is 56.9. The molecule has 4 nitrogen and oxygen atoms in total. The Kier molecular flexibility index (Phi) is 68.7. The molecular weight excluding hydrogens is 963 g/mol. The van der Waals surface area contributed by atoms with Crippen LogP contribution in [0.2, 0.25) is 0 Å². The molecule has 0 heterocycles. The third kappa shape index (κ3) is 66.8. The summed E-state index contributed by atoms with van der Waals surface area (Å²) in [6, 6.07) is -0.624. The molecule has 3 N–H and O–H groups in total. The number of carbonyl (C=O) groups excluding carboxylic acids is 1. The van der Waals surface area contributed by atoms with Crippen molar-refractivity contribution in [2.45, 2.75) is 405 Å². The fraction of sp³-hybridized carbons (Fsp3) is 0.853. The maximum atomic E-state index is 12.6. The monoisotopic (exact) mass is 1100 g/mol. The molecular formula is C75H141NO3. The maximum Gasteiger partial charge on any atom is 0.220 e. The second-order valence-corrected chi connectivity index (χ2v) is 24.6. The molecule has 0 aliphatic rings. The van der Waals surface area contributed by atoms with E-state index in [2.05, 4.69) is 67.8 Å². The van der Waals surface area contributed by atoms with Crippen molar-refractivity contribution >= 4 is 5.91 Å². The first kappa shape index (κ1) is 77.1. The van der Waals surface area contributed by atoms with Crippen molar-refractivity contribution in [2.24, 2.45) is 0 Å². The van der Waals surface area contributed by atoms with Crippen LogP contribution in [0, 0.1) is 0 Å². The standard InChI is InChI=1S/C75H141NO3/c1-3-5-7-9-11-13-15-17-19-21-23-25-27-29-31-33-35-37-38-39-41-43-45-47-49-51-53-55-57-59-61-63-65-67-69-71-75(79)76-73(72-77)74(78)70-68-66-64-62-60-58-56-54-52-50-48-46-44-42-40-36-34-32-30-28-26-24-22-20-18-16-14-12-10-8-6-4-2/h5,7,11,13,17,19,23,25,68,70,73-74,77-78H,3-4,6,8-10,12,14-16,18,20-22,24,26-67,69,71-72H2,1-2H3,(H,76,79)/b7-5-,13-11-,19-17-,25-23-,70-68+.